The number of hydrogen-bond donors (Lipinski definition) is 3. The molecule has 2 aliphatic rings. The van der Waals surface area contributed by atoms with Gasteiger partial charge in [0.25, 0.3) is 0 Å². The van der Waals surface area contributed by atoms with Crippen molar-refractivity contribution in [3.63, 3.8) is 0 Å². The van der Waals surface area contributed by atoms with Crippen LogP contribution in [0, 0.1) is 11.3 Å². The molecular formula is C26H31N7O. The molecule has 2 aliphatic carbocycles. The van der Waals surface area contributed by atoms with Gasteiger partial charge < -0.3 is 20.4 Å². The Labute approximate surface area is 199 Å². The van der Waals surface area contributed by atoms with Crippen LogP contribution in [0.5, 0.6) is 5.75 Å². The van der Waals surface area contributed by atoms with Gasteiger partial charge in [0.05, 0.1) is 23.3 Å². The number of ether oxygens (including phenoxy) is 1. The fourth-order valence-electron chi connectivity index (χ4n) is 4.71. The van der Waals surface area contributed by atoms with E-state index in [4.69, 9.17) is 16.3 Å². The lowest BCUT2D eigenvalue weighted by Gasteiger charge is -2.30. The number of nitrogens with one attached hydrogen (secondary N) is 1. The molecule has 0 aliphatic heterocycles. The molecule has 0 saturated heterocycles. The van der Waals surface area contributed by atoms with Crippen LogP contribution in [0.1, 0.15) is 50.1 Å². The van der Waals surface area contributed by atoms with Crippen LogP contribution >= 0.6 is 0 Å². The van der Waals surface area contributed by atoms with E-state index >= 15 is 0 Å². The molecule has 2 saturated carbocycles. The summed E-state index contributed by atoms with van der Waals surface area (Å²) in [6.45, 7) is 0.780. The molecule has 0 atom stereocenters. The lowest BCUT2D eigenvalue weighted by molar-refractivity contribution is 0.219. The molecule has 8 heteroatoms. The highest BCUT2D eigenvalue weighted by atomic mass is 16.5. The number of hydrazone groups is 1. The molecule has 176 valence electrons. The Morgan fingerprint density at radius 3 is 2.53 bits per heavy atom. The van der Waals surface area contributed by atoms with E-state index in [1.807, 2.05) is 18.2 Å². The Hall–Kier alpha value is -3.70. The molecule has 0 spiro atoms. The molecule has 1 heterocycles. The van der Waals surface area contributed by atoms with Gasteiger partial charge in [-0.2, -0.15) is 10.4 Å². The third kappa shape index (κ3) is 4.27. The number of aromatic nitrogens is 1. The van der Waals surface area contributed by atoms with E-state index < -0.39 is 0 Å². The van der Waals surface area contributed by atoms with Crippen LogP contribution < -0.4 is 21.6 Å². The molecule has 5 N–H and O–H groups in total. The predicted octanol–water partition coefficient (Wildman–Crippen LogP) is 4.33. The van der Waals surface area contributed by atoms with Gasteiger partial charge in [-0.05, 0) is 68.4 Å². The van der Waals surface area contributed by atoms with Crippen LogP contribution in [-0.2, 0) is 0 Å². The second kappa shape index (κ2) is 9.65. The summed E-state index contributed by atoms with van der Waals surface area (Å²) in [5.41, 5.74) is 10.2. The van der Waals surface area contributed by atoms with Gasteiger partial charge in [-0.1, -0.05) is 12.1 Å². The Morgan fingerprint density at radius 2 is 1.91 bits per heavy atom. The first-order valence-electron chi connectivity index (χ1n) is 12.0. The number of hydrogen-bond acceptors (Lipinski definition) is 6. The smallest absolute Gasteiger partial charge is 0.121 e. The van der Waals surface area contributed by atoms with Gasteiger partial charge in [-0.25, -0.2) is 11.0 Å². The molecule has 8 nitrogen and oxygen atoms in total. The number of nitriles is 1. The second-order valence-corrected chi connectivity index (χ2v) is 9.09. The molecule has 3 aromatic rings. The van der Waals surface area contributed by atoms with Crippen LogP contribution in [0.15, 0.2) is 47.6 Å². The Balaban J connectivity index is 1.48. The van der Waals surface area contributed by atoms with Crippen molar-refractivity contribution in [2.45, 2.75) is 50.6 Å². The molecule has 1 aromatic heterocycles. The third-order valence-electron chi connectivity index (χ3n) is 6.97. The van der Waals surface area contributed by atoms with Crippen molar-refractivity contribution in [1.29, 1.82) is 5.26 Å². The largest absolute Gasteiger partial charge is 0.492 e. The van der Waals surface area contributed by atoms with Crippen LogP contribution in [-0.4, -0.2) is 35.2 Å². The number of benzene rings is 2. The third-order valence-corrected chi connectivity index (χ3v) is 6.97. The highest BCUT2D eigenvalue weighted by molar-refractivity contribution is 5.95. The Bertz CT molecular complexity index is 1220. The first-order valence-corrected chi connectivity index (χ1v) is 12.0. The lowest BCUT2D eigenvalue weighted by atomic mass is 9.92. The molecule has 2 aromatic carbocycles. The summed E-state index contributed by atoms with van der Waals surface area (Å²) in [4.78, 5) is 0. The predicted molar refractivity (Wildman–Crippen MR) is 135 cm³/mol. The first-order chi connectivity index (χ1) is 16.7. The summed E-state index contributed by atoms with van der Waals surface area (Å²) >= 11 is 0. The maximum Gasteiger partial charge on any atom is 0.121 e. The highest BCUT2D eigenvalue weighted by Gasteiger charge is 2.28. The van der Waals surface area contributed by atoms with E-state index in [0.29, 0.717) is 25.2 Å². The molecule has 0 unspecified atom stereocenters. The lowest BCUT2D eigenvalue weighted by Crippen LogP contribution is -2.30. The van der Waals surface area contributed by atoms with Crippen molar-refractivity contribution in [3.05, 3.63) is 48.0 Å². The zero-order valence-electron chi connectivity index (χ0n) is 19.3. The van der Waals surface area contributed by atoms with Crippen molar-refractivity contribution in [2.75, 3.05) is 18.5 Å². The minimum atomic E-state index is 0.372. The number of fused-ring (bicyclic) bond motifs is 1. The molecule has 0 radical (unpaired) electrons. The van der Waals surface area contributed by atoms with E-state index in [-0.39, 0.29) is 0 Å². The van der Waals surface area contributed by atoms with Crippen molar-refractivity contribution in [1.82, 2.24) is 9.69 Å². The van der Waals surface area contributed by atoms with Gasteiger partial charge in [-0.15, -0.1) is 0 Å². The number of hydrazine groups is 1. The summed E-state index contributed by atoms with van der Waals surface area (Å²) in [7, 11) is 0. The molecule has 5 rings (SSSR count). The number of anilines is 1. The van der Waals surface area contributed by atoms with Crippen LogP contribution in [0.4, 0.5) is 5.69 Å². The standard InChI is InChI=1S/C26H31N7O/c27-16-24-23-12-11-22(34-14-13-32(29)30-17-28)15-25(23)33(21-5-2-6-21)26(24)18-7-9-20(10-8-18)31-19-3-1-4-19/h7-12,15,17,19,21,31H,1-6,13-14,29H2,(H2,28,30). The monoisotopic (exact) mass is 457 g/mol. The number of nitrogens with two attached hydrogens (primary N) is 2. The average Bonchev–Trinajstić information content (AvgIpc) is 3.09. The van der Waals surface area contributed by atoms with E-state index in [1.165, 1.54) is 30.8 Å². The van der Waals surface area contributed by atoms with Crippen LogP contribution in [0.25, 0.3) is 22.2 Å². The minimum Gasteiger partial charge on any atom is -0.492 e. The zero-order chi connectivity index (χ0) is 23.5. The van der Waals surface area contributed by atoms with Crippen LogP contribution in [0.2, 0.25) is 0 Å². The summed E-state index contributed by atoms with van der Waals surface area (Å²) in [5.74, 6) is 6.46. The maximum atomic E-state index is 10.1. The van der Waals surface area contributed by atoms with E-state index in [2.05, 4.69) is 45.3 Å². The summed E-state index contributed by atoms with van der Waals surface area (Å²) in [6, 6.07) is 18.0. The number of rotatable bonds is 9. The number of nitrogens with zero attached hydrogens (tertiary/aromatic N) is 4. The molecule has 34 heavy (non-hydrogen) atoms. The quantitative estimate of drug-likeness (QED) is 0.191. The average molecular weight is 458 g/mol. The Kier molecular flexibility index (Phi) is 6.28. The topological polar surface area (TPSA) is 118 Å². The fourth-order valence-corrected chi connectivity index (χ4v) is 4.71. The van der Waals surface area contributed by atoms with Gasteiger partial charge in [0.2, 0.25) is 0 Å². The summed E-state index contributed by atoms with van der Waals surface area (Å²) < 4.78 is 8.29. The van der Waals surface area contributed by atoms with Crippen molar-refractivity contribution in [2.24, 2.45) is 16.7 Å². The normalized spacial score (nSPS) is 16.2. The van der Waals surface area contributed by atoms with E-state index in [1.54, 1.807) is 0 Å². The molecule has 2 fully saturated rings. The van der Waals surface area contributed by atoms with Crippen molar-refractivity contribution >= 4 is 22.9 Å². The van der Waals surface area contributed by atoms with Crippen LogP contribution in [0.3, 0.4) is 0 Å². The zero-order valence-corrected chi connectivity index (χ0v) is 19.3. The van der Waals surface area contributed by atoms with Gasteiger partial charge in [0, 0.05) is 29.2 Å². The van der Waals surface area contributed by atoms with E-state index in [9.17, 15) is 5.26 Å². The fraction of sp³-hybridized carbons (Fsp3) is 0.385. The Morgan fingerprint density at radius 1 is 1.15 bits per heavy atom. The first kappa shape index (κ1) is 22.1. The van der Waals surface area contributed by atoms with Gasteiger partial charge >= 0.3 is 0 Å². The van der Waals surface area contributed by atoms with Gasteiger partial charge in [-0.3, -0.25) is 0 Å². The SMILES string of the molecule is N#Cc1c(-c2ccc(NC3CCC3)cc2)n(C2CCC2)c2cc(OCCN(N)/N=C\N)ccc12. The van der Waals surface area contributed by atoms with Crippen molar-refractivity contribution < 1.29 is 4.74 Å². The maximum absolute atomic E-state index is 10.1. The van der Waals surface area contributed by atoms with Gasteiger partial charge in [0.15, 0.2) is 0 Å². The minimum absolute atomic E-state index is 0.372. The molecule has 0 amide bonds. The second-order valence-electron chi connectivity index (χ2n) is 9.09. The highest BCUT2D eigenvalue weighted by Crippen LogP contribution is 2.43. The molecular weight excluding hydrogens is 426 g/mol. The van der Waals surface area contributed by atoms with E-state index in [0.717, 1.165) is 58.3 Å². The summed E-state index contributed by atoms with van der Waals surface area (Å²) in [5, 5.41) is 19.7. The summed E-state index contributed by atoms with van der Waals surface area (Å²) in [6.07, 6.45) is 8.38. The van der Waals surface area contributed by atoms with Gasteiger partial charge in [0.1, 0.15) is 24.8 Å². The van der Waals surface area contributed by atoms with Crippen molar-refractivity contribution in [3.8, 4) is 23.1 Å². The molecule has 0 bridgehead atoms.